The topological polar surface area (TPSA) is 26.0 Å². The summed E-state index contributed by atoms with van der Waals surface area (Å²) < 4.78 is 0. The van der Waals surface area contributed by atoms with Crippen molar-refractivity contribution in [3.63, 3.8) is 0 Å². The molecule has 1 aliphatic rings. The zero-order chi connectivity index (χ0) is 13.4. The molecule has 0 amide bonds. The standard InChI is InChI=1S/C16H18ClNS/c1-10-9-19-16(14(10)17)15(18)13-7-5-12(6-8-13)11-3-2-4-11/h5-9,11,15H,2-4,18H2,1H3. The van der Waals surface area contributed by atoms with E-state index in [9.17, 15) is 0 Å². The summed E-state index contributed by atoms with van der Waals surface area (Å²) in [6.07, 6.45) is 4.04. The third kappa shape index (κ3) is 2.45. The van der Waals surface area contributed by atoms with Gasteiger partial charge in [0.1, 0.15) is 0 Å². The molecule has 19 heavy (non-hydrogen) atoms. The third-order valence-corrected chi connectivity index (χ3v) is 5.88. The quantitative estimate of drug-likeness (QED) is 0.844. The average molecular weight is 292 g/mol. The second kappa shape index (κ2) is 5.28. The summed E-state index contributed by atoms with van der Waals surface area (Å²) in [7, 11) is 0. The molecule has 0 saturated heterocycles. The van der Waals surface area contributed by atoms with Crippen molar-refractivity contribution >= 4 is 22.9 Å². The highest BCUT2D eigenvalue weighted by Gasteiger charge is 2.20. The number of hydrogen-bond donors (Lipinski definition) is 1. The van der Waals surface area contributed by atoms with Gasteiger partial charge in [0.2, 0.25) is 0 Å². The van der Waals surface area contributed by atoms with Crippen molar-refractivity contribution in [1.29, 1.82) is 0 Å². The van der Waals surface area contributed by atoms with E-state index in [-0.39, 0.29) is 6.04 Å². The summed E-state index contributed by atoms with van der Waals surface area (Å²) in [6, 6.07) is 8.66. The summed E-state index contributed by atoms with van der Waals surface area (Å²) in [4.78, 5) is 1.07. The van der Waals surface area contributed by atoms with E-state index in [1.807, 2.05) is 6.92 Å². The van der Waals surface area contributed by atoms with Gasteiger partial charge < -0.3 is 5.73 Å². The lowest BCUT2D eigenvalue weighted by Gasteiger charge is -2.26. The molecule has 1 saturated carbocycles. The molecule has 2 aromatic rings. The number of halogens is 1. The minimum absolute atomic E-state index is 0.110. The van der Waals surface area contributed by atoms with Crippen molar-refractivity contribution < 1.29 is 0 Å². The Morgan fingerprint density at radius 2 is 1.95 bits per heavy atom. The van der Waals surface area contributed by atoms with Gasteiger partial charge in [0, 0.05) is 4.88 Å². The molecule has 100 valence electrons. The fourth-order valence-electron chi connectivity index (χ4n) is 2.53. The highest BCUT2D eigenvalue weighted by atomic mass is 35.5. The molecule has 0 spiro atoms. The van der Waals surface area contributed by atoms with Gasteiger partial charge in [0.25, 0.3) is 0 Å². The number of rotatable bonds is 3. The van der Waals surface area contributed by atoms with E-state index in [2.05, 4.69) is 29.6 Å². The normalized spacial score (nSPS) is 17.2. The van der Waals surface area contributed by atoms with Crippen LogP contribution in [0.3, 0.4) is 0 Å². The Morgan fingerprint density at radius 1 is 1.26 bits per heavy atom. The summed E-state index contributed by atoms with van der Waals surface area (Å²) in [6.45, 7) is 2.02. The fraction of sp³-hybridized carbons (Fsp3) is 0.375. The molecule has 1 aromatic carbocycles. The Hall–Kier alpha value is -0.830. The smallest absolute Gasteiger partial charge is 0.0661 e. The van der Waals surface area contributed by atoms with Crippen LogP contribution in [0.2, 0.25) is 5.02 Å². The minimum Gasteiger partial charge on any atom is -0.320 e. The molecule has 1 nitrogen and oxygen atoms in total. The first kappa shape index (κ1) is 13.2. The second-order valence-electron chi connectivity index (χ2n) is 5.37. The van der Waals surface area contributed by atoms with E-state index < -0.39 is 0 Å². The molecule has 1 fully saturated rings. The van der Waals surface area contributed by atoms with Crippen LogP contribution in [0.25, 0.3) is 0 Å². The summed E-state index contributed by atoms with van der Waals surface area (Å²) >= 11 is 7.95. The first-order valence-electron chi connectivity index (χ1n) is 6.75. The average Bonchev–Trinajstić information content (AvgIpc) is 2.68. The lowest BCUT2D eigenvalue weighted by Crippen LogP contribution is -2.12. The van der Waals surface area contributed by atoms with Crippen molar-refractivity contribution in [2.75, 3.05) is 0 Å². The largest absolute Gasteiger partial charge is 0.320 e. The number of hydrogen-bond acceptors (Lipinski definition) is 2. The van der Waals surface area contributed by atoms with E-state index in [1.165, 1.54) is 24.8 Å². The van der Waals surface area contributed by atoms with Gasteiger partial charge in [-0.2, -0.15) is 0 Å². The molecule has 3 rings (SSSR count). The Morgan fingerprint density at radius 3 is 2.42 bits per heavy atom. The van der Waals surface area contributed by atoms with Crippen molar-refractivity contribution in [3.8, 4) is 0 Å². The van der Waals surface area contributed by atoms with E-state index in [0.29, 0.717) is 0 Å². The van der Waals surface area contributed by atoms with E-state index >= 15 is 0 Å². The number of nitrogens with two attached hydrogens (primary N) is 1. The highest BCUT2D eigenvalue weighted by molar-refractivity contribution is 7.10. The molecule has 2 N–H and O–H groups in total. The van der Waals surface area contributed by atoms with Gasteiger partial charge in [-0.15, -0.1) is 11.3 Å². The van der Waals surface area contributed by atoms with Gasteiger partial charge in [0.15, 0.2) is 0 Å². The maximum Gasteiger partial charge on any atom is 0.0661 e. The monoisotopic (exact) mass is 291 g/mol. The molecule has 0 aliphatic heterocycles. The van der Waals surface area contributed by atoms with E-state index in [1.54, 1.807) is 11.3 Å². The molecular formula is C16H18ClNS. The van der Waals surface area contributed by atoms with Crippen LogP contribution in [0.5, 0.6) is 0 Å². The predicted molar refractivity (Wildman–Crippen MR) is 83.1 cm³/mol. The first-order valence-corrected chi connectivity index (χ1v) is 8.01. The lowest BCUT2D eigenvalue weighted by molar-refractivity contribution is 0.419. The Labute approximate surface area is 123 Å². The number of thiophene rings is 1. The molecule has 1 heterocycles. The molecule has 1 aromatic heterocycles. The number of aryl methyl sites for hydroxylation is 1. The zero-order valence-corrected chi connectivity index (χ0v) is 12.6. The van der Waals surface area contributed by atoms with E-state index in [0.717, 1.165) is 26.9 Å². The zero-order valence-electron chi connectivity index (χ0n) is 11.0. The molecule has 0 bridgehead atoms. The van der Waals surface area contributed by atoms with Gasteiger partial charge in [0.05, 0.1) is 11.1 Å². The van der Waals surface area contributed by atoms with Gasteiger partial charge >= 0.3 is 0 Å². The molecule has 0 radical (unpaired) electrons. The van der Waals surface area contributed by atoms with E-state index in [4.69, 9.17) is 17.3 Å². The Kier molecular flexibility index (Phi) is 3.66. The van der Waals surface area contributed by atoms with Gasteiger partial charge in [-0.3, -0.25) is 0 Å². The van der Waals surface area contributed by atoms with Crippen LogP contribution < -0.4 is 5.73 Å². The van der Waals surface area contributed by atoms with Gasteiger partial charge in [-0.05, 0) is 47.8 Å². The summed E-state index contributed by atoms with van der Waals surface area (Å²) in [5.74, 6) is 0.776. The maximum absolute atomic E-state index is 6.33. The van der Waals surface area contributed by atoms with Crippen LogP contribution in [-0.4, -0.2) is 0 Å². The second-order valence-corrected chi connectivity index (χ2v) is 6.66. The molecule has 1 aliphatic carbocycles. The summed E-state index contributed by atoms with van der Waals surface area (Å²) in [5.41, 5.74) is 10.0. The third-order valence-electron chi connectivity index (χ3n) is 4.08. The molecule has 3 heteroatoms. The van der Waals surface area contributed by atoms with Crippen molar-refractivity contribution in [2.45, 2.75) is 38.1 Å². The van der Waals surface area contributed by atoms with Crippen LogP contribution >= 0.6 is 22.9 Å². The maximum atomic E-state index is 6.33. The Bertz CT molecular complexity index is 569. The molecule has 1 atom stereocenters. The minimum atomic E-state index is -0.110. The van der Waals surface area contributed by atoms with Gasteiger partial charge in [-0.1, -0.05) is 42.3 Å². The predicted octanol–water partition coefficient (Wildman–Crippen LogP) is 5.03. The van der Waals surface area contributed by atoms with Crippen LogP contribution in [-0.2, 0) is 0 Å². The number of benzene rings is 1. The van der Waals surface area contributed by atoms with Crippen LogP contribution in [0, 0.1) is 6.92 Å². The Balaban J connectivity index is 1.83. The molecule has 1 unspecified atom stereocenters. The molecular weight excluding hydrogens is 274 g/mol. The fourth-order valence-corrected chi connectivity index (χ4v) is 3.87. The van der Waals surface area contributed by atoms with Gasteiger partial charge in [-0.25, -0.2) is 0 Å². The summed E-state index contributed by atoms with van der Waals surface area (Å²) in [5, 5.41) is 2.89. The van der Waals surface area contributed by atoms with Crippen LogP contribution in [0.4, 0.5) is 0 Å². The van der Waals surface area contributed by atoms with Crippen molar-refractivity contribution in [2.24, 2.45) is 5.73 Å². The highest BCUT2D eigenvalue weighted by Crippen LogP contribution is 2.38. The van der Waals surface area contributed by atoms with Crippen molar-refractivity contribution in [3.05, 3.63) is 56.2 Å². The lowest BCUT2D eigenvalue weighted by atomic mass is 9.80. The van der Waals surface area contributed by atoms with Crippen LogP contribution in [0.15, 0.2) is 29.6 Å². The van der Waals surface area contributed by atoms with Crippen molar-refractivity contribution in [1.82, 2.24) is 0 Å². The first-order chi connectivity index (χ1) is 9.16. The SMILES string of the molecule is Cc1csc(C(N)c2ccc(C3CCC3)cc2)c1Cl. The van der Waals surface area contributed by atoms with Crippen LogP contribution in [0.1, 0.15) is 52.8 Å².